The highest BCUT2D eigenvalue weighted by Crippen LogP contribution is 2.18. The molecular formula is C17H29N3O. The summed E-state index contributed by atoms with van der Waals surface area (Å²) in [6.07, 6.45) is 3.81. The first-order chi connectivity index (χ1) is 10.1. The third-order valence-corrected chi connectivity index (χ3v) is 3.88. The topological polar surface area (TPSA) is 36.5 Å². The van der Waals surface area contributed by atoms with Crippen molar-refractivity contribution < 1.29 is 4.74 Å². The molecule has 2 atom stereocenters. The summed E-state index contributed by atoms with van der Waals surface area (Å²) in [7, 11) is 4.11. The van der Waals surface area contributed by atoms with E-state index in [2.05, 4.69) is 48.7 Å². The maximum atomic E-state index is 5.70. The zero-order chi connectivity index (χ0) is 15.1. The van der Waals surface area contributed by atoms with Crippen LogP contribution in [0, 0.1) is 0 Å². The third-order valence-electron chi connectivity index (χ3n) is 3.88. The van der Waals surface area contributed by atoms with Crippen LogP contribution in [0.5, 0.6) is 5.75 Å². The Kier molecular flexibility index (Phi) is 6.33. The molecule has 0 saturated carbocycles. The Balaban J connectivity index is 1.73. The molecule has 0 aliphatic carbocycles. The molecule has 2 rings (SSSR count). The van der Waals surface area contributed by atoms with Crippen molar-refractivity contribution in [3.8, 4) is 5.75 Å². The fourth-order valence-electron chi connectivity index (χ4n) is 2.72. The van der Waals surface area contributed by atoms with E-state index in [-0.39, 0.29) is 0 Å². The Morgan fingerprint density at radius 3 is 2.71 bits per heavy atom. The van der Waals surface area contributed by atoms with E-state index in [1.807, 2.05) is 12.1 Å². The molecule has 0 spiro atoms. The van der Waals surface area contributed by atoms with Crippen LogP contribution in [0.3, 0.4) is 0 Å². The number of ether oxygens (including phenoxy) is 1. The molecule has 0 amide bonds. The summed E-state index contributed by atoms with van der Waals surface area (Å²) in [4.78, 5) is 2.12. The summed E-state index contributed by atoms with van der Waals surface area (Å²) >= 11 is 0. The average Bonchev–Trinajstić information content (AvgIpc) is 2.93. The largest absolute Gasteiger partial charge is 0.492 e. The van der Waals surface area contributed by atoms with Crippen LogP contribution in [0.25, 0.3) is 0 Å². The Hall–Kier alpha value is -1.26. The third kappa shape index (κ3) is 5.94. The molecule has 0 aromatic heterocycles. The SMILES string of the molecule is CC(CC1CCCN1)Nc1ccc(OCCN(C)C)cc1. The molecule has 0 bridgehead atoms. The van der Waals surface area contributed by atoms with Gasteiger partial charge in [0.25, 0.3) is 0 Å². The number of nitrogens with zero attached hydrogens (tertiary/aromatic N) is 1. The van der Waals surface area contributed by atoms with Gasteiger partial charge < -0.3 is 20.3 Å². The fourth-order valence-corrected chi connectivity index (χ4v) is 2.72. The van der Waals surface area contributed by atoms with Gasteiger partial charge in [0.05, 0.1) is 0 Å². The van der Waals surface area contributed by atoms with E-state index in [0.717, 1.165) is 18.9 Å². The predicted molar refractivity (Wildman–Crippen MR) is 89.2 cm³/mol. The van der Waals surface area contributed by atoms with Crippen LogP contribution >= 0.6 is 0 Å². The first-order valence-electron chi connectivity index (χ1n) is 8.01. The molecular weight excluding hydrogens is 262 g/mol. The van der Waals surface area contributed by atoms with Crippen molar-refractivity contribution in [3.63, 3.8) is 0 Å². The lowest BCUT2D eigenvalue weighted by molar-refractivity contribution is 0.261. The van der Waals surface area contributed by atoms with Gasteiger partial charge >= 0.3 is 0 Å². The lowest BCUT2D eigenvalue weighted by Crippen LogP contribution is -2.29. The number of likely N-dealkylation sites (N-methyl/N-ethyl adjacent to an activating group) is 1. The average molecular weight is 291 g/mol. The minimum atomic E-state index is 0.487. The summed E-state index contributed by atoms with van der Waals surface area (Å²) in [6, 6.07) is 9.45. The Labute approximate surface area is 128 Å². The van der Waals surface area contributed by atoms with E-state index in [1.165, 1.54) is 31.5 Å². The minimum absolute atomic E-state index is 0.487. The van der Waals surface area contributed by atoms with Crippen molar-refractivity contribution in [3.05, 3.63) is 24.3 Å². The van der Waals surface area contributed by atoms with Crippen LogP contribution in [-0.4, -0.2) is 50.8 Å². The van der Waals surface area contributed by atoms with E-state index in [1.54, 1.807) is 0 Å². The van der Waals surface area contributed by atoms with Crippen molar-refractivity contribution in [2.24, 2.45) is 0 Å². The smallest absolute Gasteiger partial charge is 0.119 e. The zero-order valence-corrected chi connectivity index (χ0v) is 13.6. The van der Waals surface area contributed by atoms with Gasteiger partial charge in [0.1, 0.15) is 12.4 Å². The van der Waals surface area contributed by atoms with Crippen molar-refractivity contribution in [2.75, 3.05) is 39.1 Å². The van der Waals surface area contributed by atoms with Gasteiger partial charge in [-0.15, -0.1) is 0 Å². The molecule has 1 aromatic carbocycles. The normalized spacial score (nSPS) is 19.7. The molecule has 2 unspecified atom stereocenters. The van der Waals surface area contributed by atoms with Crippen LogP contribution in [0.4, 0.5) is 5.69 Å². The van der Waals surface area contributed by atoms with Gasteiger partial charge in [0, 0.05) is 24.3 Å². The molecule has 0 radical (unpaired) electrons. The van der Waals surface area contributed by atoms with Crippen LogP contribution in [0.1, 0.15) is 26.2 Å². The molecule has 21 heavy (non-hydrogen) atoms. The molecule has 1 aliphatic rings. The molecule has 1 saturated heterocycles. The summed E-state index contributed by atoms with van der Waals surface area (Å²) < 4.78 is 5.70. The van der Waals surface area contributed by atoms with E-state index >= 15 is 0 Å². The van der Waals surface area contributed by atoms with Crippen LogP contribution < -0.4 is 15.4 Å². The second kappa shape index (κ2) is 8.25. The van der Waals surface area contributed by atoms with Gasteiger partial charge in [-0.25, -0.2) is 0 Å². The van der Waals surface area contributed by atoms with Gasteiger partial charge in [0.2, 0.25) is 0 Å². The van der Waals surface area contributed by atoms with Gasteiger partial charge in [-0.2, -0.15) is 0 Å². The number of hydrogen-bond acceptors (Lipinski definition) is 4. The van der Waals surface area contributed by atoms with Crippen molar-refractivity contribution in [1.82, 2.24) is 10.2 Å². The number of nitrogens with one attached hydrogen (secondary N) is 2. The fraction of sp³-hybridized carbons (Fsp3) is 0.647. The summed E-state index contributed by atoms with van der Waals surface area (Å²) in [5.74, 6) is 0.938. The lowest BCUT2D eigenvalue weighted by atomic mass is 10.1. The standard InChI is InChI=1S/C17H29N3O/c1-14(13-16-5-4-10-18-16)19-15-6-8-17(9-7-15)21-12-11-20(2)3/h6-9,14,16,18-19H,4-5,10-13H2,1-3H3. The van der Waals surface area contributed by atoms with E-state index in [4.69, 9.17) is 4.74 Å². The van der Waals surface area contributed by atoms with Gasteiger partial charge in [-0.1, -0.05) is 0 Å². The molecule has 4 heteroatoms. The summed E-state index contributed by atoms with van der Waals surface area (Å²) in [5, 5.41) is 7.12. The molecule has 118 valence electrons. The maximum absolute atomic E-state index is 5.70. The highest BCUT2D eigenvalue weighted by molar-refractivity contribution is 5.47. The van der Waals surface area contributed by atoms with Crippen molar-refractivity contribution in [1.29, 1.82) is 0 Å². The van der Waals surface area contributed by atoms with Crippen molar-refractivity contribution in [2.45, 2.75) is 38.3 Å². The number of hydrogen-bond donors (Lipinski definition) is 2. The quantitative estimate of drug-likeness (QED) is 0.772. The molecule has 1 aliphatic heterocycles. The first kappa shape index (κ1) is 16.1. The molecule has 1 aromatic rings. The molecule has 1 fully saturated rings. The lowest BCUT2D eigenvalue weighted by Gasteiger charge is -2.19. The predicted octanol–water partition coefficient (Wildman–Crippen LogP) is 2.57. The molecule has 2 N–H and O–H groups in total. The Morgan fingerprint density at radius 2 is 2.10 bits per heavy atom. The number of rotatable bonds is 8. The van der Waals surface area contributed by atoms with Gasteiger partial charge in [-0.3, -0.25) is 0 Å². The highest BCUT2D eigenvalue weighted by Gasteiger charge is 2.16. The monoisotopic (exact) mass is 291 g/mol. The number of anilines is 1. The second-order valence-electron chi connectivity index (χ2n) is 6.25. The Morgan fingerprint density at radius 1 is 1.33 bits per heavy atom. The first-order valence-corrected chi connectivity index (χ1v) is 8.01. The van der Waals surface area contributed by atoms with E-state index < -0.39 is 0 Å². The van der Waals surface area contributed by atoms with Crippen LogP contribution in [0.2, 0.25) is 0 Å². The molecule has 1 heterocycles. The van der Waals surface area contributed by atoms with Crippen molar-refractivity contribution >= 4 is 5.69 Å². The van der Waals surface area contributed by atoms with E-state index in [0.29, 0.717) is 12.1 Å². The summed E-state index contributed by atoms with van der Waals surface area (Å²) in [5.41, 5.74) is 1.17. The van der Waals surface area contributed by atoms with E-state index in [9.17, 15) is 0 Å². The molecule has 4 nitrogen and oxygen atoms in total. The zero-order valence-electron chi connectivity index (χ0n) is 13.6. The van der Waals surface area contributed by atoms with Crippen LogP contribution in [-0.2, 0) is 0 Å². The van der Waals surface area contributed by atoms with Crippen LogP contribution in [0.15, 0.2) is 24.3 Å². The second-order valence-corrected chi connectivity index (χ2v) is 6.25. The highest BCUT2D eigenvalue weighted by atomic mass is 16.5. The summed E-state index contributed by atoms with van der Waals surface area (Å²) in [6.45, 7) is 5.09. The van der Waals surface area contributed by atoms with Gasteiger partial charge in [-0.05, 0) is 71.1 Å². The Bertz CT molecular complexity index is 399. The van der Waals surface area contributed by atoms with Gasteiger partial charge in [0.15, 0.2) is 0 Å². The minimum Gasteiger partial charge on any atom is -0.492 e. The maximum Gasteiger partial charge on any atom is 0.119 e. The number of benzene rings is 1.